The largest absolute Gasteiger partial charge is 0.307 e. The van der Waals surface area contributed by atoms with Crippen molar-refractivity contribution in [3.63, 3.8) is 0 Å². The van der Waals surface area contributed by atoms with E-state index in [0.29, 0.717) is 12.1 Å². The maximum absolute atomic E-state index is 3.73. The van der Waals surface area contributed by atoms with Crippen molar-refractivity contribution < 1.29 is 0 Å². The van der Waals surface area contributed by atoms with Crippen molar-refractivity contribution in [3.05, 3.63) is 60.2 Å². The molecule has 20 heavy (non-hydrogen) atoms. The second kappa shape index (κ2) is 6.47. The van der Waals surface area contributed by atoms with E-state index in [9.17, 15) is 0 Å². The molecule has 1 aliphatic rings. The van der Waals surface area contributed by atoms with Crippen LogP contribution < -0.4 is 5.32 Å². The first kappa shape index (κ1) is 13.7. The van der Waals surface area contributed by atoms with E-state index in [4.69, 9.17) is 0 Å². The third-order valence-corrected chi connectivity index (χ3v) is 5.10. The lowest BCUT2D eigenvalue weighted by molar-refractivity contribution is 0.486. The fourth-order valence-corrected chi connectivity index (χ4v) is 3.88. The molecule has 2 unspecified atom stereocenters. The second-order valence-corrected chi connectivity index (χ2v) is 6.59. The molecule has 1 N–H and O–H groups in total. The maximum atomic E-state index is 3.73. The SMILES string of the molecule is CC(NC1CCSC1)c1ccc(-c2ccccc2)cc1. The summed E-state index contributed by atoms with van der Waals surface area (Å²) in [7, 11) is 0. The Morgan fingerprint density at radius 2 is 1.70 bits per heavy atom. The summed E-state index contributed by atoms with van der Waals surface area (Å²) in [4.78, 5) is 0. The van der Waals surface area contributed by atoms with Crippen molar-refractivity contribution in [2.24, 2.45) is 0 Å². The molecule has 0 spiro atoms. The summed E-state index contributed by atoms with van der Waals surface area (Å²) in [5, 5.41) is 3.73. The van der Waals surface area contributed by atoms with E-state index < -0.39 is 0 Å². The number of hydrogen-bond acceptors (Lipinski definition) is 2. The normalized spacial score (nSPS) is 19.9. The molecule has 1 fully saturated rings. The van der Waals surface area contributed by atoms with Crippen LogP contribution in [0.1, 0.15) is 24.9 Å². The molecule has 1 saturated heterocycles. The number of rotatable bonds is 4. The van der Waals surface area contributed by atoms with E-state index in [1.165, 1.54) is 34.6 Å². The molecule has 1 heterocycles. The standard InChI is InChI=1S/C18H21NS/c1-14(19-18-11-12-20-13-18)15-7-9-17(10-8-15)16-5-3-2-4-6-16/h2-10,14,18-19H,11-13H2,1H3. The Morgan fingerprint density at radius 1 is 1.00 bits per heavy atom. The van der Waals surface area contributed by atoms with Gasteiger partial charge in [0.2, 0.25) is 0 Å². The molecule has 0 aliphatic carbocycles. The molecule has 0 aromatic heterocycles. The molecule has 0 saturated carbocycles. The zero-order chi connectivity index (χ0) is 13.8. The highest BCUT2D eigenvalue weighted by atomic mass is 32.2. The van der Waals surface area contributed by atoms with Gasteiger partial charge in [0.1, 0.15) is 0 Å². The first-order valence-corrected chi connectivity index (χ1v) is 8.47. The lowest BCUT2D eigenvalue weighted by Gasteiger charge is -2.19. The molecule has 2 aromatic carbocycles. The summed E-state index contributed by atoms with van der Waals surface area (Å²) in [5.74, 6) is 2.56. The van der Waals surface area contributed by atoms with E-state index in [-0.39, 0.29) is 0 Å². The van der Waals surface area contributed by atoms with Gasteiger partial charge in [0.25, 0.3) is 0 Å². The highest BCUT2D eigenvalue weighted by Gasteiger charge is 2.17. The molecule has 104 valence electrons. The Morgan fingerprint density at radius 3 is 2.35 bits per heavy atom. The van der Waals surface area contributed by atoms with Crippen LogP contribution in [0.15, 0.2) is 54.6 Å². The lowest BCUT2D eigenvalue weighted by Crippen LogP contribution is -2.31. The molecule has 0 radical (unpaired) electrons. The van der Waals surface area contributed by atoms with Crippen LogP contribution >= 0.6 is 11.8 Å². The Balaban J connectivity index is 1.69. The van der Waals surface area contributed by atoms with Gasteiger partial charge in [0.15, 0.2) is 0 Å². The quantitative estimate of drug-likeness (QED) is 0.886. The van der Waals surface area contributed by atoms with E-state index in [1.54, 1.807) is 0 Å². The van der Waals surface area contributed by atoms with E-state index in [1.807, 2.05) is 0 Å². The first-order chi connectivity index (χ1) is 9.83. The van der Waals surface area contributed by atoms with Crippen molar-refractivity contribution in [2.75, 3.05) is 11.5 Å². The topological polar surface area (TPSA) is 12.0 Å². The van der Waals surface area contributed by atoms with Crippen LogP contribution in [0.4, 0.5) is 0 Å². The predicted molar refractivity (Wildman–Crippen MR) is 89.2 cm³/mol. The van der Waals surface area contributed by atoms with Crippen LogP contribution in [-0.2, 0) is 0 Å². The Bertz CT molecular complexity index is 529. The van der Waals surface area contributed by atoms with Crippen molar-refractivity contribution in [1.29, 1.82) is 0 Å². The fourth-order valence-electron chi connectivity index (χ4n) is 2.71. The molecule has 2 atom stereocenters. The summed E-state index contributed by atoms with van der Waals surface area (Å²) in [6.07, 6.45) is 1.30. The minimum absolute atomic E-state index is 0.434. The number of hydrogen-bond donors (Lipinski definition) is 1. The van der Waals surface area contributed by atoms with Gasteiger partial charge in [-0.15, -0.1) is 0 Å². The molecule has 0 amide bonds. The van der Waals surface area contributed by atoms with Gasteiger partial charge in [-0.05, 0) is 35.8 Å². The molecule has 3 rings (SSSR count). The van der Waals surface area contributed by atoms with Crippen LogP contribution in [0.25, 0.3) is 11.1 Å². The lowest BCUT2D eigenvalue weighted by atomic mass is 10.0. The van der Waals surface area contributed by atoms with Crippen molar-refractivity contribution in [3.8, 4) is 11.1 Å². The summed E-state index contributed by atoms with van der Waals surface area (Å²) in [6.45, 7) is 2.26. The summed E-state index contributed by atoms with van der Waals surface area (Å²) in [5.41, 5.74) is 3.95. The number of nitrogens with one attached hydrogen (secondary N) is 1. The van der Waals surface area contributed by atoms with Crippen molar-refractivity contribution >= 4 is 11.8 Å². The maximum Gasteiger partial charge on any atom is 0.0294 e. The van der Waals surface area contributed by atoms with Crippen LogP contribution in [0.3, 0.4) is 0 Å². The van der Waals surface area contributed by atoms with Crippen molar-refractivity contribution in [1.82, 2.24) is 5.32 Å². The summed E-state index contributed by atoms with van der Waals surface area (Å²) >= 11 is 2.06. The zero-order valence-electron chi connectivity index (χ0n) is 11.9. The van der Waals surface area contributed by atoms with Crippen LogP contribution in [0, 0.1) is 0 Å². The molecule has 2 aromatic rings. The molecule has 1 aliphatic heterocycles. The van der Waals surface area contributed by atoms with Gasteiger partial charge in [-0.1, -0.05) is 54.6 Å². The van der Waals surface area contributed by atoms with E-state index in [2.05, 4.69) is 78.6 Å². The smallest absolute Gasteiger partial charge is 0.0294 e. The molecular weight excluding hydrogens is 262 g/mol. The average molecular weight is 283 g/mol. The minimum Gasteiger partial charge on any atom is -0.307 e. The van der Waals surface area contributed by atoms with Gasteiger partial charge in [0.05, 0.1) is 0 Å². The Kier molecular flexibility index (Phi) is 4.44. The molecule has 1 nitrogen and oxygen atoms in total. The Hall–Kier alpha value is -1.25. The number of thioether (sulfide) groups is 1. The van der Waals surface area contributed by atoms with Gasteiger partial charge in [-0.3, -0.25) is 0 Å². The van der Waals surface area contributed by atoms with Gasteiger partial charge in [0, 0.05) is 17.8 Å². The summed E-state index contributed by atoms with van der Waals surface area (Å²) < 4.78 is 0. The van der Waals surface area contributed by atoms with Crippen LogP contribution in [0.5, 0.6) is 0 Å². The van der Waals surface area contributed by atoms with E-state index in [0.717, 1.165) is 0 Å². The van der Waals surface area contributed by atoms with Gasteiger partial charge in [-0.25, -0.2) is 0 Å². The van der Waals surface area contributed by atoms with Crippen LogP contribution in [0.2, 0.25) is 0 Å². The predicted octanol–water partition coefficient (Wildman–Crippen LogP) is 4.51. The monoisotopic (exact) mass is 283 g/mol. The van der Waals surface area contributed by atoms with E-state index >= 15 is 0 Å². The average Bonchev–Trinajstić information content (AvgIpc) is 3.01. The third-order valence-electron chi connectivity index (χ3n) is 3.93. The van der Waals surface area contributed by atoms with Crippen molar-refractivity contribution in [2.45, 2.75) is 25.4 Å². The molecule has 0 bridgehead atoms. The molecular formula is C18H21NS. The highest BCUT2D eigenvalue weighted by Crippen LogP contribution is 2.24. The third kappa shape index (κ3) is 3.25. The van der Waals surface area contributed by atoms with Gasteiger partial charge >= 0.3 is 0 Å². The second-order valence-electron chi connectivity index (χ2n) is 5.44. The van der Waals surface area contributed by atoms with Crippen LogP contribution in [-0.4, -0.2) is 17.5 Å². The Labute approximate surface area is 125 Å². The fraction of sp³-hybridized carbons (Fsp3) is 0.333. The van der Waals surface area contributed by atoms with Gasteiger partial charge < -0.3 is 5.32 Å². The zero-order valence-corrected chi connectivity index (χ0v) is 12.7. The highest BCUT2D eigenvalue weighted by molar-refractivity contribution is 7.99. The summed E-state index contributed by atoms with van der Waals surface area (Å²) in [6, 6.07) is 20.6. The molecule has 2 heteroatoms. The van der Waals surface area contributed by atoms with Gasteiger partial charge in [-0.2, -0.15) is 11.8 Å². The minimum atomic E-state index is 0.434. The number of benzene rings is 2. The first-order valence-electron chi connectivity index (χ1n) is 7.32.